The Labute approximate surface area is 72.0 Å². The Hall–Kier alpha value is -1.49. The van der Waals surface area contributed by atoms with Crippen LogP contribution in [0.1, 0.15) is 9.67 Å². The van der Waals surface area contributed by atoms with Crippen LogP contribution < -0.4 is 0 Å². The number of rotatable bonds is 2. The van der Waals surface area contributed by atoms with Gasteiger partial charge in [0.2, 0.25) is 0 Å². The fourth-order valence-electron chi connectivity index (χ4n) is 0.810. The summed E-state index contributed by atoms with van der Waals surface area (Å²) in [5.74, 6) is 0. The fourth-order valence-corrected chi connectivity index (χ4v) is 1.37. The van der Waals surface area contributed by atoms with Crippen LogP contribution in [0.15, 0.2) is 22.9 Å². The number of carbonyl (C=O) groups is 1. The second-order valence-corrected chi connectivity index (χ2v) is 2.95. The Morgan fingerprint density at radius 1 is 1.50 bits per heavy atom. The third-order valence-electron chi connectivity index (χ3n) is 1.34. The van der Waals surface area contributed by atoms with E-state index >= 15 is 0 Å². The van der Waals surface area contributed by atoms with Gasteiger partial charge < -0.3 is 4.52 Å². The second-order valence-electron chi connectivity index (χ2n) is 2.12. The zero-order chi connectivity index (χ0) is 8.39. The summed E-state index contributed by atoms with van der Waals surface area (Å²) in [6.07, 6.45) is 2.23. The molecule has 0 amide bonds. The van der Waals surface area contributed by atoms with Crippen LogP contribution in [0, 0.1) is 0 Å². The molecule has 0 radical (unpaired) electrons. The standard InChI is InChI=1S/C7H4N2O2S/c10-4-5-3-7(9-12-5)6-1-2-11-8-6/h1-4H. The van der Waals surface area contributed by atoms with Crippen LogP contribution in [0.25, 0.3) is 11.4 Å². The molecule has 2 aromatic rings. The molecule has 0 aliphatic carbocycles. The first-order valence-electron chi connectivity index (χ1n) is 3.23. The maximum atomic E-state index is 10.3. The Kier molecular flexibility index (Phi) is 1.71. The topological polar surface area (TPSA) is 56.0 Å². The SMILES string of the molecule is O=Cc1cc(-c2ccon2)ns1. The molecule has 0 spiro atoms. The third kappa shape index (κ3) is 1.14. The van der Waals surface area contributed by atoms with Crippen molar-refractivity contribution in [3.05, 3.63) is 23.3 Å². The summed E-state index contributed by atoms with van der Waals surface area (Å²) in [5.41, 5.74) is 1.33. The highest BCUT2D eigenvalue weighted by atomic mass is 32.1. The second kappa shape index (κ2) is 2.86. The normalized spacial score (nSPS) is 10.0. The Balaban J connectivity index is 2.41. The predicted octanol–water partition coefficient (Wildman–Crippen LogP) is 1.61. The van der Waals surface area contributed by atoms with E-state index in [0.29, 0.717) is 16.3 Å². The molecule has 0 aliphatic heterocycles. The highest BCUT2D eigenvalue weighted by Gasteiger charge is 2.05. The van der Waals surface area contributed by atoms with Crippen molar-refractivity contribution in [3.63, 3.8) is 0 Å². The summed E-state index contributed by atoms with van der Waals surface area (Å²) in [4.78, 5) is 10.9. The molecule has 12 heavy (non-hydrogen) atoms. The molecular weight excluding hydrogens is 176 g/mol. The van der Waals surface area contributed by atoms with E-state index in [9.17, 15) is 4.79 Å². The first-order valence-corrected chi connectivity index (χ1v) is 4.00. The lowest BCUT2D eigenvalue weighted by Gasteiger charge is -1.80. The van der Waals surface area contributed by atoms with Crippen LogP contribution in [0.5, 0.6) is 0 Å². The van der Waals surface area contributed by atoms with Crippen LogP contribution in [-0.4, -0.2) is 15.8 Å². The molecule has 2 heterocycles. The van der Waals surface area contributed by atoms with Gasteiger partial charge >= 0.3 is 0 Å². The van der Waals surface area contributed by atoms with Crippen LogP contribution in [0.2, 0.25) is 0 Å². The largest absolute Gasteiger partial charge is 0.364 e. The van der Waals surface area contributed by atoms with Gasteiger partial charge in [0.1, 0.15) is 17.7 Å². The van der Waals surface area contributed by atoms with Gasteiger partial charge in [-0.2, -0.15) is 4.37 Å². The van der Waals surface area contributed by atoms with E-state index in [1.54, 1.807) is 12.1 Å². The molecule has 60 valence electrons. The van der Waals surface area contributed by atoms with Crippen molar-refractivity contribution >= 4 is 17.8 Å². The highest BCUT2D eigenvalue weighted by molar-refractivity contribution is 7.07. The molecule has 0 saturated heterocycles. The summed E-state index contributed by atoms with van der Waals surface area (Å²) >= 11 is 1.15. The molecule has 4 nitrogen and oxygen atoms in total. The van der Waals surface area contributed by atoms with Crippen LogP contribution >= 0.6 is 11.5 Å². The van der Waals surface area contributed by atoms with Gasteiger partial charge in [-0.1, -0.05) is 5.16 Å². The number of nitrogens with zero attached hydrogens (tertiary/aromatic N) is 2. The van der Waals surface area contributed by atoms with Crippen LogP contribution in [-0.2, 0) is 0 Å². The average Bonchev–Trinajstić information content (AvgIpc) is 2.75. The van der Waals surface area contributed by atoms with Crippen molar-refractivity contribution < 1.29 is 9.32 Å². The lowest BCUT2D eigenvalue weighted by Crippen LogP contribution is -1.73. The van der Waals surface area contributed by atoms with Gasteiger partial charge in [-0.15, -0.1) is 0 Å². The van der Waals surface area contributed by atoms with Crippen molar-refractivity contribution in [2.45, 2.75) is 0 Å². The minimum absolute atomic E-state index is 0.591. The van der Waals surface area contributed by atoms with Gasteiger partial charge in [0.15, 0.2) is 6.29 Å². The molecule has 2 aromatic heterocycles. The van der Waals surface area contributed by atoms with E-state index in [2.05, 4.69) is 14.1 Å². The van der Waals surface area contributed by atoms with Crippen molar-refractivity contribution in [3.8, 4) is 11.4 Å². The monoisotopic (exact) mass is 180 g/mol. The van der Waals surface area contributed by atoms with Crippen molar-refractivity contribution in [2.24, 2.45) is 0 Å². The van der Waals surface area contributed by atoms with Gasteiger partial charge in [0.25, 0.3) is 0 Å². The number of hydrogen-bond acceptors (Lipinski definition) is 5. The average molecular weight is 180 g/mol. The Morgan fingerprint density at radius 2 is 2.42 bits per heavy atom. The van der Waals surface area contributed by atoms with E-state index < -0.39 is 0 Å². The quantitative estimate of drug-likeness (QED) is 0.659. The van der Waals surface area contributed by atoms with Crippen molar-refractivity contribution in [2.75, 3.05) is 0 Å². The fraction of sp³-hybridized carbons (Fsp3) is 0. The maximum Gasteiger partial charge on any atom is 0.161 e. The smallest absolute Gasteiger partial charge is 0.161 e. The molecule has 0 N–H and O–H groups in total. The molecule has 0 atom stereocenters. The van der Waals surface area contributed by atoms with Crippen LogP contribution in [0.3, 0.4) is 0 Å². The van der Waals surface area contributed by atoms with Gasteiger partial charge in [0.05, 0.1) is 4.88 Å². The summed E-state index contributed by atoms with van der Waals surface area (Å²) in [6.45, 7) is 0. The van der Waals surface area contributed by atoms with E-state index in [4.69, 9.17) is 0 Å². The lowest BCUT2D eigenvalue weighted by molar-refractivity contribution is 0.112. The molecule has 0 aliphatic rings. The van der Waals surface area contributed by atoms with Gasteiger partial charge in [-0.3, -0.25) is 4.79 Å². The predicted molar refractivity (Wildman–Crippen MR) is 43.0 cm³/mol. The molecule has 2 rings (SSSR count). The van der Waals surface area contributed by atoms with Crippen molar-refractivity contribution in [1.29, 1.82) is 0 Å². The summed E-state index contributed by atoms with van der Waals surface area (Å²) in [7, 11) is 0. The minimum atomic E-state index is 0.591. The highest BCUT2D eigenvalue weighted by Crippen LogP contribution is 2.18. The Bertz CT molecular complexity index is 380. The number of aldehydes is 1. The molecule has 0 aromatic carbocycles. The zero-order valence-electron chi connectivity index (χ0n) is 5.93. The minimum Gasteiger partial charge on any atom is -0.364 e. The first-order chi connectivity index (χ1) is 5.90. The van der Waals surface area contributed by atoms with E-state index in [1.165, 1.54) is 6.26 Å². The molecular formula is C7H4N2O2S. The van der Waals surface area contributed by atoms with E-state index in [-0.39, 0.29) is 0 Å². The van der Waals surface area contributed by atoms with Gasteiger partial charge in [0, 0.05) is 6.07 Å². The number of carbonyl (C=O) groups excluding carboxylic acids is 1. The Morgan fingerprint density at radius 3 is 3.00 bits per heavy atom. The molecule has 0 bridgehead atoms. The number of hydrogen-bond donors (Lipinski definition) is 0. The molecule has 5 heteroatoms. The molecule has 0 unspecified atom stereocenters. The zero-order valence-corrected chi connectivity index (χ0v) is 6.75. The summed E-state index contributed by atoms with van der Waals surface area (Å²) < 4.78 is 8.66. The summed E-state index contributed by atoms with van der Waals surface area (Å²) in [6, 6.07) is 3.37. The lowest BCUT2D eigenvalue weighted by atomic mass is 10.3. The van der Waals surface area contributed by atoms with E-state index in [1.807, 2.05) is 0 Å². The third-order valence-corrected chi connectivity index (χ3v) is 2.06. The molecule has 0 saturated carbocycles. The van der Waals surface area contributed by atoms with Crippen LogP contribution in [0.4, 0.5) is 0 Å². The number of aromatic nitrogens is 2. The van der Waals surface area contributed by atoms with Crippen molar-refractivity contribution in [1.82, 2.24) is 9.53 Å². The van der Waals surface area contributed by atoms with Gasteiger partial charge in [-0.05, 0) is 17.6 Å². The maximum absolute atomic E-state index is 10.3. The van der Waals surface area contributed by atoms with Gasteiger partial charge in [-0.25, -0.2) is 0 Å². The van der Waals surface area contributed by atoms with E-state index in [0.717, 1.165) is 17.8 Å². The first kappa shape index (κ1) is 7.17. The summed E-state index contributed by atoms with van der Waals surface area (Å²) in [5, 5.41) is 3.69. The molecule has 0 fully saturated rings.